The molecule has 4 saturated carbocycles. The van der Waals surface area contributed by atoms with Crippen molar-refractivity contribution in [3.63, 3.8) is 0 Å². The molecule has 4 aliphatic carbocycles. The number of aliphatic hydroxyl groups is 1. The van der Waals surface area contributed by atoms with E-state index in [0.29, 0.717) is 11.2 Å². The lowest BCUT2D eigenvalue weighted by atomic mass is 9.48. The van der Waals surface area contributed by atoms with Gasteiger partial charge in [-0.1, -0.05) is 12.1 Å². The second-order valence-electron chi connectivity index (χ2n) is 8.78. The minimum Gasteiger partial charge on any atom is -0.491 e. The quantitative estimate of drug-likeness (QED) is 0.843. The molecule has 0 spiro atoms. The SMILES string of the molecule is CS(=O)(=O)CC(O)COc1ccc(C23CC4CC(CC(C4)C2)C3)cc1. The van der Waals surface area contributed by atoms with Crippen LogP contribution < -0.4 is 4.74 Å². The average Bonchev–Trinajstić information content (AvgIpc) is 2.50. The Hall–Kier alpha value is -1.07. The summed E-state index contributed by atoms with van der Waals surface area (Å²) in [5.74, 6) is 3.20. The zero-order valence-electron chi connectivity index (χ0n) is 14.9. The van der Waals surface area contributed by atoms with Crippen LogP contribution in [-0.4, -0.2) is 38.2 Å². The Labute approximate surface area is 150 Å². The van der Waals surface area contributed by atoms with Crippen molar-refractivity contribution in [2.24, 2.45) is 17.8 Å². The molecule has 1 N–H and O–H groups in total. The Kier molecular flexibility index (Phi) is 4.35. The number of ether oxygens (including phenoxy) is 1. The van der Waals surface area contributed by atoms with Crippen molar-refractivity contribution in [1.29, 1.82) is 0 Å². The third kappa shape index (κ3) is 3.72. The van der Waals surface area contributed by atoms with Crippen LogP contribution in [0.3, 0.4) is 0 Å². The molecule has 0 heterocycles. The highest BCUT2D eigenvalue weighted by molar-refractivity contribution is 7.90. The second-order valence-corrected chi connectivity index (χ2v) is 11.0. The van der Waals surface area contributed by atoms with Crippen LogP contribution in [-0.2, 0) is 15.3 Å². The Bertz CT molecular complexity index is 687. The van der Waals surface area contributed by atoms with Gasteiger partial charge in [-0.15, -0.1) is 0 Å². The lowest BCUT2D eigenvalue weighted by Gasteiger charge is -2.57. The molecule has 1 unspecified atom stereocenters. The van der Waals surface area contributed by atoms with E-state index < -0.39 is 15.9 Å². The fourth-order valence-electron chi connectivity index (χ4n) is 5.96. The standard InChI is InChI=1S/C20H28O4S/c1-25(22,23)13-18(21)12-24-19-4-2-17(3-5-19)20-9-14-6-15(10-20)8-16(7-14)11-20/h2-5,14-16,18,21H,6-13H2,1H3. The molecule has 0 saturated heterocycles. The molecular formula is C20H28O4S. The Balaban J connectivity index is 1.41. The predicted octanol–water partition coefficient (Wildman–Crippen LogP) is 2.94. The minimum atomic E-state index is -3.19. The van der Waals surface area contributed by atoms with Crippen molar-refractivity contribution in [2.75, 3.05) is 18.6 Å². The monoisotopic (exact) mass is 364 g/mol. The third-order valence-electron chi connectivity index (χ3n) is 6.44. The summed E-state index contributed by atoms with van der Waals surface area (Å²) >= 11 is 0. The molecule has 4 nitrogen and oxygen atoms in total. The first-order chi connectivity index (χ1) is 11.8. The zero-order chi connectivity index (χ0) is 17.7. The maximum atomic E-state index is 11.2. The summed E-state index contributed by atoms with van der Waals surface area (Å²) in [4.78, 5) is 0. The van der Waals surface area contributed by atoms with Crippen LogP contribution >= 0.6 is 0 Å². The highest BCUT2D eigenvalue weighted by Gasteiger charge is 2.51. The molecule has 5 rings (SSSR count). The molecule has 0 amide bonds. The van der Waals surface area contributed by atoms with Gasteiger partial charge >= 0.3 is 0 Å². The normalized spacial score (nSPS) is 34.9. The van der Waals surface area contributed by atoms with Gasteiger partial charge in [-0.2, -0.15) is 0 Å². The summed E-state index contributed by atoms with van der Waals surface area (Å²) in [5.41, 5.74) is 1.82. The summed E-state index contributed by atoms with van der Waals surface area (Å²) < 4.78 is 27.9. The van der Waals surface area contributed by atoms with Gasteiger partial charge < -0.3 is 9.84 Å². The van der Waals surface area contributed by atoms with Gasteiger partial charge in [0.25, 0.3) is 0 Å². The molecular weight excluding hydrogens is 336 g/mol. The zero-order valence-corrected chi connectivity index (χ0v) is 15.7. The molecule has 138 valence electrons. The van der Waals surface area contributed by atoms with Crippen LogP contribution in [0.5, 0.6) is 5.75 Å². The molecule has 4 aliphatic rings. The van der Waals surface area contributed by atoms with E-state index >= 15 is 0 Å². The number of aliphatic hydroxyl groups excluding tert-OH is 1. The first-order valence-corrected chi connectivity index (χ1v) is 11.5. The number of hydrogen-bond acceptors (Lipinski definition) is 4. The molecule has 4 fully saturated rings. The first-order valence-electron chi connectivity index (χ1n) is 9.40. The molecule has 25 heavy (non-hydrogen) atoms. The fraction of sp³-hybridized carbons (Fsp3) is 0.700. The van der Waals surface area contributed by atoms with E-state index in [0.717, 1.165) is 24.0 Å². The molecule has 4 bridgehead atoms. The van der Waals surface area contributed by atoms with Crippen molar-refractivity contribution in [3.05, 3.63) is 29.8 Å². The second kappa shape index (κ2) is 6.27. The van der Waals surface area contributed by atoms with E-state index in [9.17, 15) is 13.5 Å². The maximum absolute atomic E-state index is 11.2. The Morgan fingerprint density at radius 3 is 2.08 bits per heavy atom. The predicted molar refractivity (Wildman–Crippen MR) is 97.5 cm³/mol. The smallest absolute Gasteiger partial charge is 0.150 e. The molecule has 1 atom stereocenters. The van der Waals surface area contributed by atoms with Crippen LogP contribution in [0.2, 0.25) is 0 Å². The molecule has 1 aromatic rings. The number of hydrogen-bond donors (Lipinski definition) is 1. The van der Waals surface area contributed by atoms with E-state index in [1.54, 1.807) is 0 Å². The van der Waals surface area contributed by atoms with Gasteiger partial charge in [0, 0.05) is 6.26 Å². The van der Waals surface area contributed by atoms with Crippen molar-refractivity contribution in [2.45, 2.75) is 50.0 Å². The topological polar surface area (TPSA) is 63.6 Å². The number of benzene rings is 1. The Morgan fingerprint density at radius 1 is 1.08 bits per heavy atom. The summed E-state index contributed by atoms with van der Waals surface area (Å²) in [6.45, 7) is 0.00375. The molecule has 0 aliphatic heterocycles. The van der Waals surface area contributed by atoms with Gasteiger partial charge in [0.1, 0.15) is 28.3 Å². The molecule has 1 aromatic carbocycles. The van der Waals surface area contributed by atoms with Crippen molar-refractivity contribution < 1.29 is 18.3 Å². The van der Waals surface area contributed by atoms with E-state index in [1.165, 1.54) is 44.1 Å². The maximum Gasteiger partial charge on any atom is 0.150 e. The summed E-state index contributed by atoms with van der Waals surface area (Å²) in [6.07, 6.45) is 8.48. The van der Waals surface area contributed by atoms with Crippen molar-refractivity contribution in [3.8, 4) is 5.75 Å². The number of sulfone groups is 1. The summed E-state index contributed by atoms with van der Waals surface area (Å²) in [7, 11) is -3.19. The van der Waals surface area contributed by atoms with Crippen LogP contribution in [0.1, 0.15) is 44.1 Å². The summed E-state index contributed by atoms with van der Waals surface area (Å²) in [5, 5.41) is 9.75. The highest BCUT2D eigenvalue weighted by atomic mass is 32.2. The van der Waals surface area contributed by atoms with Gasteiger partial charge in [-0.25, -0.2) is 8.42 Å². The van der Waals surface area contributed by atoms with Gasteiger partial charge in [-0.05, 0) is 79.4 Å². The van der Waals surface area contributed by atoms with Crippen LogP contribution in [0.25, 0.3) is 0 Å². The van der Waals surface area contributed by atoms with Gasteiger partial charge in [0.05, 0.1) is 5.75 Å². The molecule has 0 aromatic heterocycles. The van der Waals surface area contributed by atoms with E-state index in [1.807, 2.05) is 12.1 Å². The van der Waals surface area contributed by atoms with Crippen LogP contribution in [0.4, 0.5) is 0 Å². The summed E-state index contributed by atoms with van der Waals surface area (Å²) in [6, 6.07) is 8.32. The molecule has 5 heteroatoms. The first kappa shape index (κ1) is 17.3. The largest absolute Gasteiger partial charge is 0.491 e. The third-order valence-corrected chi connectivity index (χ3v) is 7.43. The van der Waals surface area contributed by atoms with Crippen molar-refractivity contribution >= 4 is 9.84 Å². The molecule has 0 radical (unpaired) electrons. The van der Waals surface area contributed by atoms with E-state index in [4.69, 9.17) is 4.74 Å². The van der Waals surface area contributed by atoms with Crippen LogP contribution in [0, 0.1) is 17.8 Å². The van der Waals surface area contributed by atoms with E-state index in [2.05, 4.69) is 12.1 Å². The number of rotatable bonds is 6. The minimum absolute atomic E-state index is 0.00375. The fourth-order valence-corrected chi connectivity index (χ4v) is 6.75. The highest BCUT2D eigenvalue weighted by Crippen LogP contribution is 2.60. The van der Waals surface area contributed by atoms with Gasteiger partial charge in [-0.3, -0.25) is 0 Å². The average molecular weight is 365 g/mol. The Morgan fingerprint density at radius 2 is 1.60 bits per heavy atom. The van der Waals surface area contributed by atoms with Gasteiger partial charge in [0.2, 0.25) is 0 Å². The lowest BCUT2D eigenvalue weighted by Crippen LogP contribution is -2.48. The van der Waals surface area contributed by atoms with Crippen molar-refractivity contribution in [1.82, 2.24) is 0 Å². The lowest BCUT2D eigenvalue weighted by molar-refractivity contribution is -0.00521. The van der Waals surface area contributed by atoms with Crippen LogP contribution in [0.15, 0.2) is 24.3 Å². The van der Waals surface area contributed by atoms with E-state index in [-0.39, 0.29) is 12.4 Å². The van der Waals surface area contributed by atoms with Gasteiger partial charge in [0.15, 0.2) is 0 Å².